The summed E-state index contributed by atoms with van der Waals surface area (Å²) in [6, 6.07) is 19.6. The summed E-state index contributed by atoms with van der Waals surface area (Å²) < 4.78 is 0. The van der Waals surface area contributed by atoms with Gasteiger partial charge in [-0.05, 0) is 35.4 Å². The molecule has 0 radical (unpaired) electrons. The molecule has 1 heterocycles. The molecular weight excluding hydrogens is 308 g/mol. The van der Waals surface area contributed by atoms with Crippen molar-refractivity contribution >= 4 is 23.2 Å². The van der Waals surface area contributed by atoms with Crippen LogP contribution < -0.4 is 5.32 Å². The average Bonchev–Trinajstić information content (AvgIpc) is 2.57. The van der Waals surface area contributed by atoms with Crippen molar-refractivity contribution in [3.8, 4) is 22.4 Å². The number of carbonyl (C=O) groups excluding carboxylic acids is 1. The summed E-state index contributed by atoms with van der Waals surface area (Å²) in [5.41, 5.74) is 4.68. The van der Waals surface area contributed by atoms with Crippen molar-refractivity contribution in [2.24, 2.45) is 0 Å². The maximum atomic E-state index is 11.1. The lowest BCUT2D eigenvalue weighted by Crippen LogP contribution is -2.05. The van der Waals surface area contributed by atoms with Crippen LogP contribution in [0.5, 0.6) is 0 Å². The lowest BCUT2D eigenvalue weighted by atomic mass is 10.0. The van der Waals surface area contributed by atoms with E-state index in [1.165, 1.54) is 6.92 Å². The van der Waals surface area contributed by atoms with Gasteiger partial charge in [-0.15, -0.1) is 0 Å². The van der Waals surface area contributed by atoms with Gasteiger partial charge in [-0.25, -0.2) is 0 Å². The van der Waals surface area contributed by atoms with Crippen molar-refractivity contribution in [2.45, 2.75) is 6.92 Å². The number of hydrogen-bond donors (Lipinski definition) is 1. The summed E-state index contributed by atoms with van der Waals surface area (Å²) in [5.74, 6) is -0.139. The Hall–Kier alpha value is -2.65. The molecule has 3 aromatic rings. The van der Waals surface area contributed by atoms with Gasteiger partial charge < -0.3 is 5.32 Å². The molecule has 0 aliphatic rings. The summed E-state index contributed by atoms with van der Waals surface area (Å²) in [6.07, 6.45) is 1.78. The first-order chi connectivity index (χ1) is 11.1. The molecule has 3 nitrogen and oxygen atoms in total. The summed E-state index contributed by atoms with van der Waals surface area (Å²) >= 11 is 6.23. The van der Waals surface area contributed by atoms with E-state index in [-0.39, 0.29) is 5.91 Å². The highest BCUT2D eigenvalue weighted by Crippen LogP contribution is 2.30. The zero-order valence-corrected chi connectivity index (χ0v) is 13.3. The standard InChI is InChI=1S/C19H15ClN2O/c1-13(23)22-19-10-9-16(12-17(19)20)14-5-7-15(8-6-14)18-4-2-3-11-21-18/h2-12H,1H3,(H,22,23). The van der Waals surface area contributed by atoms with Gasteiger partial charge in [-0.2, -0.15) is 0 Å². The van der Waals surface area contributed by atoms with Gasteiger partial charge in [0.2, 0.25) is 5.91 Å². The average molecular weight is 323 g/mol. The number of carbonyl (C=O) groups is 1. The normalized spacial score (nSPS) is 10.3. The highest BCUT2D eigenvalue weighted by atomic mass is 35.5. The van der Waals surface area contributed by atoms with Crippen molar-refractivity contribution in [2.75, 3.05) is 5.32 Å². The topological polar surface area (TPSA) is 42.0 Å². The molecule has 4 heteroatoms. The molecule has 0 fully saturated rings. The van der Waals surface area contributed by atoms with Crippen LogP contribution in [0.2, 0.25) is 5.02 Å². The summed E-state index contributed by atoms with van der Waals surface area (Å²) in [5, 5.41) is 3.22. The molecular formula is C19H15ClN2O. The first-order valence-corrected chi connectivity index (χ1v) is 7.60. The third kappa shape index (κ3) is 3.58. The van der Waals surface area contributed by atoms with E-state index >= 15 is 0 Å². The Balaban J connectivity index is 1.88. The second kappa shape index (κ2) is 6.63. The highest BCUT2D eigenvalue weighted by molar-refractivity contribution is 6.34. The van der Waals surface area contributed by atoms with Crippen LogP contribution in [0.1, 0.15) is 6.92 Å². The fourth-order valence-corrected chi connectivity index (χ4v) is 2.58. The number of hydrogen-bond acceptors (Lipinski definition) is 2. The Morgan fingerprint density at radius 2 is 1.65 bits per heavy atom. The van der Waals surface area contributed by atoms with Crippen molar-refractivity contribution < 1.29 is 4.79 Å². The quantitative estimate of drug-likeness (QED) is 0.735. The molecule has 1 amide bonds. The number of halogens is 1. The predicted octanol–water partition coefficient (Wildman–Crippen LogP) is 5.03. The van der Waals surface area contributed by atoms with Crippen LogP contribution in [0.25, 0.3) is 22.4 Å². The lowest BCUT2D eigenvalue weighted by molar-refractivity contribution is -0.114. The van der Waals surface area contributed by atoms with E-state index in [9.17, 15) is 4.79 Å². The van der Waals surface area contributed by atoms with Gasteiger partial charge in [0.05, 0.1) is 16.4 Å². The zero-order valence-electron chi connectivity index (χ0n) is 12.6. The van der Waals surface area contributed by atoms with Crippen LogP contribution in [-0.2, 0) is 4.79 Å². The third-order valence-corrected chi connectivity index (χ3v) is 3.77. The molecule has 0 atom stereocenters. The summed E-state index contributed by atoms with van der Waals surface area (Å²) in [4.78, 5) is 15.5. The molecule has 1 aromatic heterocycles. The molecule has 2 aromatic carbocycles. The number of benzene rings is 2. The van der Waals surface area contributed by atoms with Crippen LogP contribution >= 0.6 is 11.6 Å². The van der Waals surface area contributed by atoms with Gasteiger partial charge in [-0.1, -0.05) is 48.0 Å². The van der Waals surface area contributed by atoms with Crippen LogP contribution in [0.15, 0.2) is 66.9 Å². The number of anilines is 1. The van der Waals surface area contributed by atoms with Crippen molar-refractivity contribution in [1.82, 2.24) is 4.98 Å². The first-order valence-electron chi connectivity index (χ1n) is 7.22. The molecule has 0 saturated carbocycles. The first kappa shape index (κ1) is 15.3. The van der Waals surface area contributed by atoms with E-state index < -0.39 is 0 Å². The largest absolute Gasteiger partial charge is 0.325 e. The van der Waals surface area contributed by atoms with Gasteiger partial charge in [0.15, 0.2) is 0 Å². The summed E-state index contributed by atoms with van der Waals surface area (Å²) in [6.45, 7) is 1.46. The van der Waals surface area contributed by atoms with Crippen molar-refractivity contribution in [3.05, 3.63) is 71.9 Å². The van der Waals surface area contributed by atoms with E-state index in [1.807, 2.05) is 60.7 Å². The van der Waals surface area contributed by atoms with Crippen LogP contribution in [0.3, 0.4) is 0 Å². The summed E-state index contributed by atoms with van der Waals surface area (Å²) in [7, 11) is 0. The van der Waals surface area contributed by atoms with Gasteiger partial charge in [-0.3, -0.25) is 9.78 Å². The monoisotopic (exact) mass is 322 g/mol. The van der Waals surface area contributed by atoms with E-state index in [1.54, 1.807) is 6.20 Å². The number of rotatable bonds is 3. The molecule has 0 spiro atoms. The zero-order chi connectivity index (χ0) is 16.2. The molecule has 23 heavy (non-hydrogen) atoms. The molecule has 0 saturated heterocycles. The second-order valence-corrected chi connectivity index (χ2v) is 5.58. The smallest absolute Gasteiger partial charge is 0.221 e. The number of aromatic nitrogens is 1. The van der Waals surface area contributed by atoms with Gasteiger partial charge in [0, 0.05) is 18.7 Å². The molecule has 0 unspecified atom stereocenters. The van der Waals surface area contributed by atoms with E-state index in [0.29, 0.717) is 10.7 Å². The molecule has 3 rings (SSSR count). The number of amides is 1. The van der Waals surface area contributed by atoms with Gasteiger partial charge >= 0.3 is 0 Å². The molecule has 0 bridgehead atoms. The van der Waals surface area contributed by atoms with Crippen LogP contribution in [-0.4, -0.2) is 10.9 Å². The SMILES string of the molecule is CC(=O)Nc1ccc(-c2ccc(-c3ccccn3)cc2)cc1Cl. The minimum absolute atomic E-state index is 0.139. The minimum atomic E-state index is -0.139. The Labute approximate surface area is 140 Å². The van der Waals surface area contributed by atoms with Crippen LogP contribution in [0.4, 0.5) is 5.69 Å². The number of nitrogens with zero attached hydrogens (tertiary/aromatic N) is 1. The van der Waals surface area contributed by atoms with Gasteiger partial charge in [0.25, 0.3) is 0 Å². The Morgan fingerprint density at radius 1 is 0.957 bits per heavy atom. The lowest BCUT2D eigenvalue weighted by Gasteiger charge is -2.08. The van der Waals surface area contributed by atoms with E-state index in [2.05, 4.69) is 10.3 Å². The van der Waals surface area contributed by atoms with Crippen molar-refractivity contribution in [3.63, 3.8) is 0 Å². The third-order valence-electron chi connectivity index (χ3n) is 3.46. The molecule has 0 aliphatic carbocycles. The fourth-order valence-electron chi connectivity index (χ4n) is 2.35. The fraction of sp³-hybridized carbons (Fsp3) is 0.0526. The van der Waals surface area contributed by atoms with E-state index in [4.69, 9.17) is 11.6 Å². The molecule has 1 N–H and O–H groups in total. The highest BCUT2D eigenvalue weighted by Gasteiger charge is 2.06. The maximum absolute atomic E-state index is 11.1. The number of nitrogens with one attached hydrogen (secondary N) is 1. The van der Waals surface area contributed by atoms with Crippen molar-refractivity contribution in [1.29, 1.82) is 0 Å². The van der Waals surface area contributed by atoms with Gasteiger partial charge in [0.1, 0.15) is 0 Å². The van der Waals surface area contributed by atoms with Crippen LogP contribution in [0, 0.1) is 0 Å². The molecule has 0 aliphatic heterocycles. The Morgan fingerprint density at radius 3 is 2.26 bits per heavy atom. The Kier molecular flexibility index (Phi) is 4.40. The minimum Gasteiger partial charge on any atom is -0.325 e. The second-order valence-electron chi connectivity index (χ2n) is 5.17. The maximum Gasteiger partial charge on any atom is 0.221 e. The Bertz CT molecular complexity index is 830. The molecule has 114 valence electrons. The van der Waals surface area contributed by atoms with E-state index in [0.717, 1.165) is 22.4 Å². The number of pyridine rings is 1. The predicted molar refractivity (Wildman–Crippen MR) is 94.4 cm³/mol.